The number of nitrogens with two attached hydrogens (primary N) is 1. The number of Topliss-reactive ketones (excluding diaryl/α,β-unsaturated/α-hetero) is 1. The smallest absolute Gasteiger partial charge is 0.179 e. The minimum absolute atomic E-state index is 0.000553. The second-order valence-corrected chi connectivity index (χ2v) is 4.17. The van der Waals surface area contributed by atoms with E-state index in [9.17, 15) is 4.79 Å². The highest BCUT2D eigenvalue weighted by molar-refractivity contribution is 6.02. The van der Waals surface area contributed by atoms with Crippen LogP contribution in [0.15, 0.2) is 36.5 Å². The number of nitrogens with zero attached hydrogens (tertiary/aromatic N) is 1. The fourth-order valence-electron chi connectivity index (χ4n) is 1.88. The average Bonchev–Trinajstić information content (AvgIpc) is 2.37. The third-order valence-electron chi connectivity index (χ3n) is 2.83. The fourth-order valence-corrected chi connectivity index (χ4v) is 1.88. The summed E-state index contributed by atoms with van der Waals surface area (Å²) in [6.07, 6.45) is 3.36. The highest BCUT2D eigenvalue weighted by atomic mass is 16.1. The molecule has 0 aliphatic rings. The van der Waals surface area contributed by atoms with Gasteiger partial charge in [0.25, 0.3) is 0 Å². The minimum atomic E-state index is -0.402. The van der Waals surface area contributed by atoms with Crippen LogP contribution in [0.3, 0.4) is 0 Å². The molecule has 0 radical (unpaired) electrons. The average molecular weight is 228 g/mol. The lowest BCUT2D eigenvalue weighted by Crippen LogP contribution is -2.30. The molecule has 17 heavy (non-hydrogen) atoms. The van der Waals surface area contributed by atoms with Gasteiger partial charge >= 0.3 is 0 Å². The van der Waals surface area contributed by atoms with Gasteiger partial charge in [-0.05, 0) is 18.6 Å². The Hall–Kier alpha value is -1.74. The highest BCUT2D eigenvalue weighted by Crippen LogP contribution is 2.15. The predicted molar refractivity (Wildman–Crippen MR) is 69.0 cm³/mol. The van der Waals surface area contributed by atoms with E-state index in [-0.39, 0.29) is 5.78 Å². The Bertz CT molecular complexity index is 536. The summed E-state index contributed by atoms with van der Waals surface area (Å²) in [5, 5.41) is 1.04. The van der Waals surface area contributed by atoms with Crippen LogP contribution < -0.4 is 5.73 Å². The van der Waals surface area contributed by atoms with Crippen LogP contribution in [-0.4, -0.2) is 16.8 Å². The summed E-state index contributed by atoms with van der Waals surface area (Å²) in [7, 11) is 0. The van der Waals surface area contributed by atoms with Gasteiger partial charge in [-0.15, -0.1) is 0 Å². The van der Waals surface area contributed by atoms with Gasteiger partial charge in [-0.1, -0.05) is 31.5 Å². The van der Waals surface area contributed by atoms with Crippen LogP contribution in [0.2, 0.25) is 0 Å². The topological polar surface area (TPSA) is 56.0 Å². The van der Waals surface area contributed by atoms with Gasteiger partial charge in [0.2, 0.25) is 0 Å². The van der Waals surface area contributed by atoms with Crippen molar-refractivity contribution in [3.05, 3.63) is 42.1 Å². The zero-order valence-electron chi connectivity index (χ0n) is 9.89. The first-order valence-corrected chi connectivity index (χ1v) is 5.87. The van der Waals surface area contributed by atoms with Crippen molar-refractivity contribution in [2.24, 2.45) is 5.73 Å². The Labute approximate surface area is 101 Å². The number of pyridine rings is 1. The number of hydrogen-bond donors (Lipinski definition) is 1. The minimum Gasteiger partial charge on any atom is -0.321 e. The monoisotopic (exact) mass is 228 g/mol. The number of aromatic nitrogens is 1. The van der Waals surface area contributed by atoms with Gasteiger partial charge in [0.15, 0.2) is 5.78 Å². The zero-order valence-corrected chi connectivity index (χ0v) is 9.89. The standard InChI is InChI=1S/C14H16N2O/c1-2-4-12(15)14(17)11-7-6-10-5-3-8-16-13(10)9-11/h3,5-9,12H,2,4,15H2,1H3. The van der Waals surface area contributed by atoms with Crippen molar-refractivity contribution in [3.8, 4) is 0 Å². The Morgan fingerprint density at radius 1 is 1.41 bits per heavy atom. The lowest BCUT2D eigenvalue weighted by molar-refractivity contribution is 0.0957. The molecule has 0 saturated carbocycles. The first-order chi connectivity index (χ1) is 8.22. The van der Waals surface area contributed by atoms with E-state index in [0.717, 1.165) is 23.7 Å². The first-order valence-electron chi connectivity index (χ1n) is 5.87. The number of benzene rings is 1. The molecule has 1 heterocycles. The van der Waals surface area contributed by atoms with Crippen molar-refractivity contribution in [1.82, 2.24) is 4.98 Å². The Morgan fingerprint density at radius 3 is 3.00 bits per heavy atom. The highest BCUT2D eigenvalue weighted by Gasteiger charge is 2.14. The number of hydrogen-bond acceptors (Lipinski definition) is 3. The number of ketones is 1. The summed E-state index contributed by atoms with van der Waals surface area (Å²) in [4.78, 5) is 16.3. The number of carbonyl (C=O) groups is 1. The molecule has 1 aromatic carbocycles. The van der Waals surface area contributed by atoms with Crippen molar-refractivity contribution in [3.63, 3.8) is 0 Å². The van der Waals surface area contributed by atoms with Crippen LogP contribution in [0.25, 0.3) is 10.9 Å². The van der Waals surface area contributed by atoms with Crippen LogP contribution >= 0.6 is 0 Å². The summed E-state index contributed by atoms with van der Waals surface area (Å²) in [5.41, 5.74) is 7.32. The number of carbonyl (C=O) groups excluding carboxylic acids is 1. The van der Waals surface area contributed by atoms with Gasteiger partial charge in [-0.3, -0.25) is 9.78 Å². The molecular formula is C14H16N2O. The molecule has 0 aliphatic heterocycles. The molecular weight excluding hydrogens is 212 g/mol. The zero-order chi connectivity index (χ0) is 12.3. The summed E-state index contributed by atoms with van der Waals surface area (Å²) in [6.45, 7) is 2.02. The lowest BCUT2D eigenvalue weighted by atomic mass is 10.00. The van der Waals surface area contributed by atoms with E-state index in [2.05, 4.69) is 4.98 Å². The van der Waals surface area contributed by atoms with E-state index in [1.54, 1.807) is 6.20 Å². The Morgan fingerprint density at radius 2 is 2.24 bits per heavy atom. The maximum atomic E-state index is 12.0. The molecule has 3 nitrogen and oxygen atoms in total. The molecule has 0 bridgehead atoms. The van der Waals surface area contributed by atoms with E-state index < -0.39 is 6.04 Å². The Kier molecular flexibility index (Phi) is 3.49. The predicted octanol–water partition coefficient (Wildman–Crippen LogP) is 2.54. The van der Waals surface area contributed by atoms with Crippen LogP contribution in [0.5, 0.6) is 0 Å². The largest absolute Gasteiger partial charge is 0.321 e. The molecule has 2 rings (SSSR count). The van der Waals surface area contributed by atoms with E-state index in [1.165, 1.54) is 0 Å². The van der Waals surface area contributed by atoms with Gasteiger partial charge in [0.1, 0.15) is 0 Å². The normalized spacial score (nSPS) is 12.6. The molecule has 1 atom stereocenters. The van der Waals surface area contributed by atoms with Crippen LogP contribution in [0.1, 0.15) is 30.1 Å². The van der Waals surface area contributed by atoms with E-state index in [4.69, 9.17) is 5.73 Å². The van der Waals surface area contributed by atoms with Crippen molar-refractivity contribution in [2.75, 3.05) is 0 Å². The second-order valence-electron chi connectivity index (χ2n) is 4.17. The molecule has 88 valence electrons. The third-order valence-corrected chi connectivity index (χ3v) is 2.83. The molecule has 2 N–H and O–H groups in total. The van der Waals surface area contributed by atoms with Crippen molar-refractivity contribution >= 4 is 16.7 Å². The molecule has 0 spiro atoms. The summed E-state index contributed by atoms with van der Waals surface area (Å²) in [5.74, 6) is -0.000553. The Balaban J connectivity index is 2.33. The van der Waals surface area contributed by atoms with Gasteiger partial charge in [0.05, 0.1) is 11.6 Å². The van der Waals surface area contributed by atoms with Crippen molar-refractivity contribution in [1.29, 1.82) is 0 Å². The second kappa shape index (κ2) is 5.06. The molecule has 0 saturated heterocycles. The summed E-state index contributed by atoms with van der Waals surface area (Å²) < 4.78 is 0. The molecule has 3 heteroatoms. The maximum absolute atomic E-state index is 12.0. The van der Waals surface area contributed by atoms with Crippen LogP contribution in [-0.2, 0) is 0 Å². The first kappa shape index (κ1) is 11.7. The SMILES string of the molecule is CCCC(N)C(=O)c1ccc2cccnc2c1. The summed E-state index contributed by atoms with van der Waals surface area (Å²) in [6, 6.07) is 9.00. The van der Waals surface area contributed by atoms with Crippen molar-refractivity contribution < 1.29 is 4.79 Å². The number of fused-ring (bicyclic) bond motifs is 1. The van der Waals surface area contributed by atoms with Gasteiger partial charge < -0.3 is 5.73 Å². The van der Waals surface area contributed by atoms with E-state index in [0.29, 0.717) is 5.56 Å². The van der Waals surface area contributed by atoms with E-state index in [1.807, 2.05) is 37.3 Å². The molecule has 1 unspecified atom stereocenters. The summed E-state index contributed by atoms with van der Waals surface area (Å²) >= 11 is 0. The maximum Gasteiger partial charge on any atom is 0.179 e. The fraction of sp³-hybridized carbons (Fsp3) is 0.286. The van der Waals surface area contributed by atoms with Crippen LogP contribution in [0, 0.1) is 0 Å². The molecule has 2 aromatic rings. The van der Waals surface area contributed by atoms with E-state index >= 15 is 0 Å². The van der Waals surface area contributed by atoms with Crippen LogP contribution in [0.4, 0.5) is 0 Å². The molecule has 0 amide bonds. The molecule has 0 aliphatic carbocycles. The lowest BCUT2D eigenvalue weighted by Gasteiger charge is -2.09. The van der Waals surface area contributed by atoms with Crippen molar-refractivity contribution in [2.45, 2.75) is 25.8 Å². The van der Waals surface area contributed by atoms with Gasteiger partial charge in [-0.2, -0.15) is 0 Å². The quantitative estimate of drug-likeness (QED) is 0.818. The van der Waals surface area contributed by atoms with Gasteiger partial charge in [-0.25, -0.2) is 0 Å². The molecule has 0 fully saturated rings. The molecule has 1 aromatic heterocycles. The number of rotatable bonds is 4. The van der Waals surface area contributed by atoms with Gasteiger partial charge in [0, 0.05) is 17.1 Å². The third kappa shape index (κ3) is 2.50.